The van der Waals surface area contributed by atoms with Crippen LogP contribution in [0.25, 0.3) is 11.1 Å². The molecule has 2 aromatic rings. The molecule has 2 rings (SSSR count). The van der Waals surface area contributed by atoms with Crippen molar-refractivity contribution in [2.75, 3.05) is 13.7 Å². The lowest BCUT2D eigenvalue weighted by Gasteiger charge is -2.23. The largest absolute Gasteiger partial charge is 0.496 e. The molecule has 0 radical (unpaired) electrons. The average Bonchev–Trinajstić information content (AvgIpc) is 2.73. The molecule has 0 aromatic heterocycles. The maximum Gasteiger partial charge on any atom is 0.408 e. The molecule has 6 nitrogen and oxygen atoms in total. The highest BCUT2D eigenvalue weighted by atomic mass is 16.6. The van der Waals surface area contributed by atoms with Crippen molar-refractivity contribution in [3.63, 3.8) is 0 Å². The second-order valence-corrected chi connectivity index (χ2v) is 8.42. The van der Waals surface area contributed by atoms with Gasteiger partial charge in [0.15, 0.2) is 0 Å². The molecule has 0 aliphatic carbocycles. The van der Waals surface area contributed by atoms with Crippen molar-refractivity contribution in [1.82, 2.24) is 5.32 Å². The molecule has 0 heterocycles. The fourth-order valence-corrected chi connectivity index (χ4v) is 3.18. The number of carbonyl (C=O) groups excluding carboxylic acids is 2. The number of hydrogen-bond donors (Lipinski definition) is 1. The summed E-state index contributed by atoms with van der Waals surface area (Å²) in [5.41, 5.74) is 2.84. The number of methoxy groups -OCH3 is 1. The molecule has 0 saturated heterocycles. The molecule has 1 atom stereocenters. The standard InChI is InChI=1S/C26H33NO5/c1-7-31-24(28)18(2)16-21(27-25(29)32-26(3,4)5)17-19-12-14-20(15-13-19)22-10-8-9-11-23(22)30-6/h8-16,21H,7,17H2,1-6H3,(H,27,29). The molecule has 32 heavy (non-hydrogen) atoms. The minimum absolute atomic E-state index is 0.290. The molecular weight excluding hydrogens is 406 g/mol. The molecule has 1 unspecified atom stereocenters. The summed E-state index contributed by atoms with van der Waals surface area (Å²) in [5.74, 6) is 0.396. The Morgan fingerprint density at radius 2 is 1.72 bits per heavy atom. The van der Waals surface area contributed by atoms with Gasteiger partial charge in [-0.15, -0.1) is 0 Å². The summed E-state index contributed by atoms with van der Waals surface area (Å²) in [6.07, 6.45) is 1.65. The molecule has 0 bridgehead atoms. The maximum atomic E-state index is 12.4. The van der Waals surface area contributed by atoms with E-state index in [0.717, 1.165) is 22.4 Å². The quantitative estimate of drug-likeness (QED) is 0.446. The second kappa shape index (κ2) is 11.4. The van der Waals surface area contributed by atoms with E-state index in [-0.39, 0.29) is 0 Å². The minimum atomic E-state index is -0.620. The Hall–Kier alpha value is -3.28. The summed E-state index contributed by atoms with van der Waals surface area (Å²) < 4.78 is 15.9. The van der Waals surface area contributed by atoms with Gasteiger partial charge in [0.25, 0.3) is 0 Å². The van der Waals surface area contributed by atoms with Crippen LogP contribution in [0, 0.1) is 0 Å². The SMILES string of the molecule is CCOC(=O)C(C)=CC(Cc1ccc(-c2ccccc2OC)cc1)NC(=O)OC(C)(C)C. The number of alkyl carbamates (subject to hydrolysis) is 1. The van der Waals surface area contributed by atoms with Crippen molar-refractivity contribution in [2.24, 2.45) is 0 Å². The summed E-state index contributed by atoms with van der Waals surface area (Å²) in [4.78, 5) is 24.4. The number of ether oxygens (including phenoxy) is 3. The van der Waals surface area contributed by atoms with Crippen LogP contribution in [0.2, 0.25) is 0 Å². The van der Waals surface area contributed by atoms with Gasteiger partial charge in [-0.3, -0.25) is 0 Å². The monoisotopic (exact) mass is 439 g/mol. The summed E-state index contributed by atoms with van der Waals surface area (Å²) >= 11 is 0. The van der Waals surface area contributed by atoms with E-state index < -0.39 is 23.7 Å². The summed E-state index contributed by atoms with van der Waals surface area (Å²) in [5, 5.41) is 2.85. The Morgan fingerprint density at radius 3 is 2.31 bits per heavy atom. The van der Waals surface area contributed by atoms with Crippen LogP contribution >= 0.6 is 0 Å². The Balaban J connectivity index is 2.23. The Labute approximate surface area is 190 Å². The van der Waals surface area contributed by atoms with Crippen molar-refractivity contribution in [3.05, 3.63) is 65.7 Å². The van der Waals surface area contributed by atoms with Crippen LogP contribution in [0.15, 0.2) is 60.2 Å². The molecular formula is C26H33NO5. The van der Waals surface area contributed by atoms with Gasteiger partial charge in [-0.05, 0) is 58.2 Å². The molecule has 1 amide bonds. The molecule has 0 spiro atoms. The number of amides is 1. The predicted octanol–water partition coefficient (Wildman–Crippen LogP) is 5.31. The summed E-state index contributed by atoms with van der Waals surface area (Å²) in [6.45, 7) is 9.13. The van der Waals surface area contributed by atoms with Crippen molar-refractivity contribution < 1.29 is 23.8 Å². The number of esters is 1. The van der Waals surface area contributed by atoms with E-state index in [4.69, 9.17) is 14.2 Å². The van der Waals surface area contributed by atoms with Crippen LogP contribution in [0.5, 0.6) is 5.75 Å². The van der Waals surface area contributed by atoms with Gasteiger partial charge in [0, 0.05) is 11.1 Å². The highest BCUT2D eigenvalue weighted by Gasteiger charge is 2.20. The topological polar surface area (TPSA) is 73.9 Å². The van der Waals surface area contributed by atoms with Crippen molar-refractivity contribution in [3.8, 4) is 16.9 Å². The van der Waals surface area contributed by atoms with Gasteiger partial charge < -0.3 is 19.5 Å². The van der Waals surface area contributed by atoms with E-state index in [0.29, 0.717) is 18.6 Å². The van der Waals surface area contributed by atoms with Gasteiger partial charge in [-0.1, -0.05) is 48.5 Å². The Morgan fingerprint density at radius 1 is 1.06 bits per heavy atom. The maximum absolute atomic E-state index is 12.4. The molecule has 0 fully saturated rings. The van der Waals surface area contributed by atoms with Crippen molar-refractivity contribution in [1.29, 1.82) is 0 Å². The molecule has 0 saturated carbocycles. The molecule has 1 N–H and O–H groups in total. The number of rotatable bonds is 8. The normalized spacial score (nSPS) is 12.6. The summed E-state index contributed by atoms with van der Waals surface area (Å²) in [6, 6.07) is 15.4. The van der Waals surface area contributed by atoms with E-state index in [1.54, 1.807) is 47.8 Å². The fourth-order valence-electron chi connectivity index (χ4n) is 3.18. The lowest BCUT2D eigenvalue weighted by Crippen LogP contribution is -2.39. The third kappa shape index (κ3) is 7.76. The number of para-hydroxylation sites is 1. The van der Waals surface area contributed by atoms with Gasteiger partial charge in [0.2, 0.25) is 0 Å². The predicted molar refractivity (Wildman–Crippen MR) is 126 cm³/mol. The van der Waals surface area contributed by atoms with Gasteiger partial charge in [0.1, 0.15) is 11.4 Å². The first-order chi connectivity index (χ1) is 15.1. The average molecular weight is 440 g/mol. The molecule has 2 aromatic carbocycles. The highest BCUT2D eigenvalue weighted by Crippen LogP contribution is 2.29. The lowest BCUT2D eigenvalue weighted by molar-refractivity contribution is -0.138. The van der Waals surface area contributed by atoms with Gasteiger partial charge >= 0.3 is 12.1 Å². The zero-order valence-corrected chi connectivity index (χ0v) is 19.7. The first-order valence-corrected chi connectivity index (χ1v) is 10.7. The lowest BCUT2D eigenvalue weighted by atomic mass is 9.99. The van der Waals surface area contributed by atoms with Gasteiger partial charge in [-0.2, -0.15) is 0 Å². The summed E-state index contributed by atoms with van der Waals surface area (Å²) in [7, 11) is 1.65. The number of carbonyl (C=O) groups is 2. The van der Waals surface area contributed by atoms with E-state index in [1.807, 2.05) is 48.5 Å². The minimum Gasteiger partial charge on any atom is -0.496 e. The molecule has 0 aliphatic rings. The number of benzene rings is 2. The van der Waals surface area contributed by atoms with Crippen LogP contribution in [-0.2, 0) is 20.7 Å². The van der Waals surface area contributed by atoms with E-state index in [9.17, 15) is 9.59 Å². The van der Waals surface area contributed by atoms with Crippen molar-refractivity contribution in [2.45, 2.75) is 52.7 Å². The van der Waals surface area contributed by atoms with Crippen LogP contribution < -0.4 is 10.1 Å². The van der Waals surface area contributed by atoms with Gasteiger partial charge in [0.05, 0.1) is 19.8 Å². The van der Waals surface area contributed by atoms with Gasteiger partial charge in [-0.25, -0.2) is 9.59 Å². The molecule has 172 valence electrons. The first-order valence-electron chi connectivity index (χ1n) is 10.7. The molecule has 6 heteroatoms. The van der Waals surface area contributed by atoms with Crippen LogP contribution in [0.1, 0.15) is 40.2 Å². The van der Waals surface area contributed by atoms with E-state index in [2.05, 4.69) is 5.32 Å². The van der Waals surface area contributed by atoms with E-state index in [1.165, 1.54) is 0 Å². The van der Waals surface area contributed by atoms with Crippen LogP contribution in [0.3, 0.4) is 0 Å². The Kier molecular flexibility index (Phi) is 8.88. The van der Waals surface area contributed by atoms with Crippen LogP contribution in [-0.4, -0.2) is 37.4 Å². The van der Waals surface area contributed by atoms with E-state index >= 15 is 0 Å². The third-order valence-electron chi connectivity index (χ3n) is 4.58. The number of nitrogens with one attached hydrogen (secondary N) is 1. The zero-order valence-electron chi connectivity index (χ0n) is 19.7. The third-order valence-corrected chi connectivity index (χ3v) is 4.58. The second-order valence-electron chi connectivity index (χ2n) is 8.42. The zero-order chi connectivity index (χ0) is 23.7. The Bertz CT molecular complexity index is 941. The highest BCUT2D eigenvalue weighted by molar-refractivity contribution is 5.88. The number of hydrogen-bond acceptors (Lipinski definition) is 5. The van der Waals surface area contributed by atoms with Crippen LogP contribution in [0.4, 0.5) is 4.79 Å². The fraction of sp³-hybridized carbons (Fsp3) is 0.385. The van der Waals surface area contributed by atoms with Crippen molar-refractivity contribution >= 4 is 12.1 Å². The molecule has 0 aliphatic heterocycles. The first kappa shape index (κ1) is 25.0. The smallest absolute Gasteiger partial charge is 0.408 e.